The first-order chi connectivity index (χ1) is 23.7. The van der Waals surface area contributed by atoms with Crippen molar-refractivity contribution >= 4 is 50.1 Å². The minimum Gasteiger partial charge on any atom is -0.313 e. The van der Waals surface area contributed by atoms with Gasteiger partial charge in [0.1, 0.15) is 0 Å². The number of rotatable bonds is 4. The van der Waals surface area contributed by atoms with E-state index in [2.05, 4.69) is 130 Å². The maximum atomic E-state index is 10.1. The van der Waals surface area contributed by atoms with Gasteiger partial charge >= 0.3 is 0 Å². The fourth-order valence-electron chi connectivity index (χ4n) is 7.78. The van der Waals surface area contributed by atoms with Crippen molar-refractivity contribution in [3.8, 4) is 29.0 Å². The zero-order chi connectivity index (χ0) is 32.2. The van der Waals surface area contributed by atoms with E-state index in [-0.39, 0.29) is 0 Å². The van der Waals surface area contributed by atoms with Crippen LogP contribution in [0.3, 0.4) is 0 Å². The van der Waals surface area contributed by atoms with Crippen LogP contribution in [0, 0.1) is 22.7 Å². The highest BCUT2D eigenvalue weighted by Crippen LogP contribution is 2.40. The highest BCUT2D eigenvalue weighted by atomic mass is 15.0. The summed E-state index contributed by atoms with van der Waals surface area (Å²) in [7, 11) is 0. The van der Waals surface area contributed by atoms with Gasteiger partial charge in [-0.1, -0.05) is 91.0 Å². The first kappa shape index (κ1) is 27.9. The molecule has 0 fully saturated rings. The molecule has 0 saturated carbocycles. The fraction of sp³-hybridized carbons (Fsp3) is 0.0909. The standard InChI is InChI=1S/C44H30N4/c45-27-29-17-22-44-39(25-29)38-12-4-6-14-41(38)47(44)34-24-30(28-46)23-33(26-34)31-18-20-32(21-19-31)35-9-1-5-13-40(35)48-42-15-7-2-10-36(42)37-11-3-8-16-43(37)48/h1-4,6-12,14-16,18-21,23-26H,5,13,17,22H2. The molecule has 2 heterocycles. The molecule has 4 nitrogen and oxygen atoms in total. The molecule has 0 atom stereocenters. The van der Waals surface area contributed by atoms with Crippen molar-refractivity contribution in [1.82, 2.24) is 9.13 Å². The quantitative estimate of drug-likeness (QED) is 0.198. The first-order valence-electron chi connectivity index (χ1n) is 16.5. The van der Waals surface area contributed by atoms with Crippen molar-refractivity contribution in [2.24, 2.45) is 0 Å². The Balaban J connectivity index is 1.16. The van der Waals surface area contributed by atoms with Crippen molar-refractivity contribution in [3.05, 3.63) is 155 Å². The van der Waals surface area contributed by atoms with E-state index in [1.165, 1.54) is 44.3 Å². The molecule has 0 amide bonds. The molecule has 2 aliphatic carbocycles. The Bertz CT molecular complexity index is 2570. The van der Waals surface area contributed by atoms with Crippen LogP contribution in [0.15, 0.2) is 133 Å². The maximum Gasteiger partial charge on any atom is 0.0992 e. The molecule has 0 bridgehead atoms. The number of hydrogen-bond donors (Lipinski definition) is 0. The van der Waals surface area contributed by atoms with Crippen LogP contribution in [0.25, 0.3) is 66.9 Å². The van der Waals surface area contributed by atoms with Gasteiger partial charge in [-0.15, -0.1) is 0 Å². The van der Waals surface area contributed by atoms with Crippen LogP contribution in [-0.4, -0.2) is 9.13 Å². The van der Waals surface area contributed by atoms with Gasteiger partial charge in [0, 0.05) is 49.9 Å². The third-order valence-electron chi connectivity index (χ3n) is 9.94. The van der Waals surface area contributed by atoms with Gasteiger partial charge in [-0.3, -0.25) is 0 Å². The fourth-order valence-corrected chi connectivity index (χ4v) is 7.78. The molecule has 2 aliphatic rings. The largest absolute Gasteiger partial charge is 0.313 e. The Hall–Kier alpha value is -6.36. The molecule has 0 N–H and O–H groups in total. The van der Waals surface area contributed by atoms with Crippen LogP contribution >= 0.6 is 0 Å². The number of hydrogen-bond acceptors (Lipinski definition) is 2. The zero-order valence-electron chi connectivity index (χ0n) is 26.3. The molecule has 7 aromatic rings. The third kappa shape index (κ3) is 4.35. The zero-order valence-corrected chi connectivity index (χ0v) is 26.3. The molecule has 48 heavy (non-hydrogen) atoms. The lowest BCUT2D eigenvalue weighted by molar-refractivity contribution is 0.871. The van der Waals surface area contributed by atoms with E-state index >= 15 is 0 Å². The molecule has 9 rings (SSSR count). The molecule has 2 aromatic heterocycles. The van der Waals surface area contributed by atoms with Crippen LogP contribution in [0.4, 0.5) is 0 Å². The van der Waals surface area contributed by atoms with Crippen molar-refractivity contribution in [1.29, 1.82) is 10.5 Å². The lowest BCUT2D eigenvalue weighted by Gasteiger charge is -2.20. The maximum absolute atomic E-state index is 10.1. The Morgan fingerprint density at radius 2 is 1.21 bits per heavy atom. The summed E-state index contributed by atoms with van der Waals surface area (Å²) in [4.78, 5) is 0. The van der Waals surface area contributed by atoms with Crippen molar-refractivity contribution < 1.29 is 0 Å². The molecule has 5 aromatic carbocycles. The summed E-state index contributed by atoms with van der Waals surface area (Å²) in [5.41, 5.74) is 14.0. The van der Waals surface area contributed by atoms with E-state index in [4.69, 9.17) is 0 Å². The summed E-state index contributed by atoms with van der Waals surface area (Å²) in [6, 6.07) is 45.4. The molecule has 0 radical (unpaired) electrons. The predicted molar refractivity (Wildman–Crippen MR) is 196 cm³/mol. The summed E-state index contributed by atoms with van der Waals surface area (Å²) in [5, 5.41) is 23.4. The molecular weight excluding hydrogens is 585 g/mol. The monoisotopic (exact) mass is 614 g/mol. The first-order valence-corrected chi connectivity index (χ1v) is 16.5. The molecule has 0 spiro atoms. The number of aromatic nitrogens is 2. The van der Waals surface area contributed by atoms with Gasteiger partial charge in [-0.05, 0) is 84.8 Å². The van der Waals surface area contributed by atoms with Crippen LogP contribution in [0.2, 0.25) is 0 Å². The Kier molecular flexibility index (Phi) is 6.49. The summed E-state index contributed by atoms with van der Waals surface area (Å²) in [6.07, 6.45) is 10.1. The topological polar surface area (TPSA) is 57.4 Å². The molecular formula is C44H30N4. The summed E-state index contributed by atoms with van der Waals surface area (Å²) < 4.78 is 4.74. The number of fused-ring (bicyclic) bond motifs is 6. The van der Waals surface area contributed by atoms with Gasteiger partial charge in [0.2, 0.25) is 0 Å². The SMILES string of the molecule is N#CC1=Cc2c(n(-c3cc(C#N)cc(-c4ccc(C5=C(n6c7ccccc7c7ccccc76)CCC=C5)cc4)c3)c3ccccc23)CC1. The van der Waals surface area contributed by atoms with E-state index in [0.717, 1.165) is 58.1 Å². The Morgan fingerprint density at radius 3 is 1.90 bits per heavy atom. The normalized spacial score (nSPS) is 14.2. The molecule has 226 valence electrons. The van der Waals surface area contributed by atoms with Crippen LogP contribution in [-0.2, 0) is 6.42 Å². The third-order valence-corrected chi connectivity index (χ3v) is 9.94. The van der Waals surface area contributed by atoms with Gasteiger partial charge in [0.05, 0.1) is 34.3 Å². The highest BCUT2D eigenvalue weighted by Gasteiger charge is 2.22. The van der Waals surface area contributed by atoms with E-state index in [1.54, 1.807) is 0 Å². The number of para-hydroxylation sites is 3. The van der Waals surface area contributed by atoms with Crippen LogP contribution in [0.5, 0.6) is 0 Å². The lowest BCUT2D eigenvalue weighted by Crippen LogP contribution is -2.05. The van der Waals surface area contributed by atoms with Gasteiger partial charge in [-0.2, -0.15) is 10.5 Å². The number of nitrogens with zero attached hydrogens (tertiary/aromatic N) is 4. The van der Waals surface area contributed by atoms with Gasteiger partial charge in [0.15, 0.2) is 0 Å². The van der Waals surface area contributed by atoms with E-state index in [1.807, 2.05) is 24.3 Å². The van der Waals surface area contributed by atoms with E-state index in [0.29, 0.717) is 12.0 Å². The molecule has 4 heteroatoms. The second-order valence-corrected chi connectivity index (χ2v) is 12.6. The second kappa shape index (κ2) is 11.2. The van der Waals surface area contributed by atoms with Crippen molar-refractivity contribution in [2.75, 3.05) is 0 Å². The Labute approximate surface area is 279 Å². The van der Waals surface area contributed by atoms with Gasteiger partial charge in [0.25, 0.3) is 0 Å². The van der Waals surface area contributed by atoms with E-state index in [9.17, 15) is 10.5 Å². The average Bonchev–Trinajstić information content (AvgIpc) is 3.67. The lowest BCUT2D eigenvalue weighted by atomic mass is 9.94. The van der Waals surface area contributed by atoms with Crippen LogP contribution < -0.4 is 0 Å². The molecule has 0 unspecified atom stereocenters. The second-order valence-electron chi connectivity index (χ2n) is 12.6. The molecule has 0 saturated heterocycles. The van der Waals surface area contributed by atoms with Crippen LogP contribution in [0.1, 0.15) is 41.6 Å². The number of allylic oxidation sites excluding steroid dienone is 5. The smallest absolute Gasteiger partial charge is 0.0992 e. The van der Waals surface area contributed by atoms with E-state index < -0.39 is 0 Å². The Morgan fingerprint density at radius 1 is 0.562 bits per heavy atom. The van der Waals surface area contributed by atoms with Gasteiger partial charge < -0.3 is 9.13 Å². The van der Waals surface area contributed by atoms with Crippen molar-refractivity contribution in [2.45, 2.75) is 25.7 Å². The minimum atomic E-state index is 0.619. The van der Waals surface area contributed by atoms with Gasteiger partial charge in [-0.25, -0.2) is 0 Å². The number of benzene rings is 5. The summed E-state index contributed by atoms with van der Waals surface area (Å²) >= 11 is 0. The summed E-state index contributed by atoms with van der Waals surface area (Å²) in [5.74, 6) is 0. The molecule has 0 aliphatic heterocycles. The average molecular weight is 615 g/mol. The number of nitriles is 2. The predicted octanol–water partition coefficient (Wildman–Crippen LogP) is 10.8. The highest BCUT2D eigenvalue weighted by molar-refractivity contribution is 6.11. The summed E-state index contributed by atoms with van der Waals surface area (Å²) in [6.45, 7) is 0. The van der Waals surface area contributed by atoms with Crippen molar-refractivity contribution in [3.63, 3.8) is 0 Å². The minimum absolute atomic E-state index is 0.619.